The Morgan fingerprint density at radius 2 is 1.14 bits per heavy atom. The molecule has 0 aliphatic heterocycles. The van der Waals surface area contributed by atoms with Crippen LogP contribution in [-0.2, 0) is 6.16 Å². The minimum atomic E-state index is -2.14. The number of benzene rings is 4. The van der Waals surface area contributed by atoms with Crippen molar-refractivity contribution in [3.8, 4) is 11.3 Å². The lowest BCUT2D eigenvalue weighted by Crippen LogP contribution is -2.32. The molecule has 0 saturated heterocycles. The summed E-state index contributed by atoms with van der Waals surface area (Å²) >= 11 is 13.4. The molecule has 0 atom stereocenters. The van der Waals surface area contributed by atoms with Gasteiger partial charge in [0.1, 0.15) is 40.8 Å². The van der Waals surface area contributed by atoms with Crippen LogP contribution in [0.15, 0.2) is 114 Å². The normalized spacial score (nSPS) is 13.2. The summed E-state index contributed by atoms with van der Waals surface area (Å²) in [6, 6.07) is 38.2. The molecule has 0 radical (unpaired) electrons. The minimum absolute atomic E-state index is 0. The number of nitrogens with zero attached hydrogens (tertiary/aromatic N) is 1. The van der Waals surface area contributed by atoms with Crippen LogP contribution in [0.2, 0.25) is 10.0 Å². The topological polar surface area (TPSA) is 26.0 Å². The van der Waals surface area contributed by atoms with Gasteiger partial charge in [-0.25, -0.2) is 0 Å². The molecule has 4 aromatic carbocycles. The fraction of sp³-hybridized carbons (Fsp3) is 0.129. The summed E-state index contributed by atoms with van der Waals surface area (Å²) in [5.74, 6) is 1.37. The lowest BCUT2D eigenvalue weighted by molar-refractivity contribution is 0.385. The van der Waals surface area contributed by atoms with Crippen LogP contribution in [0.25, 0.3) is 11.3 Å². The molecule has 1 aliphatic carbocycles. The quantitative estimate of drug-likeness (QED) is 0.173. The SMILES string of the molecule is Br.Clc1cccc(Cl)c1-c1noc(C2CC2)c1C[P+](c1ccccc1)(c1ccccc1)c1ccccc1. The molecule has 0 spiro atoms. The maximum atomic E-state index is 6.71. The van der Waals surface area contributed by atoms with Gasteiger partial charge in [0.2, 0.25) is 0 Å². The molecule has 1 saturated carbocycles. The third-order valence-corrected chi connectivity index (χ3v) is 11.9. The first-order valence-electron chi connectivity index (χ1n) is 12.2. The number of aromatic nitrogens is 1. The second-order valence-corrected chi connectivity index (χ2v) is 13.5. The third-order valence-electron chi connectivity index (χ3n) is 6.95. The molecule has 0 unspecified atom stereocenters. The van der Waals surface area contributed by atoms with E-state index >= 15 is 0 Å². The Morgan fingerprint density at radius 1 is 0.676 bits per heavy atom. The molecular formula is C31H26BrCl2NOP+. The van der Waals surface area contributed by atoms with Gasteiger partial charge in [-0.1, -0.05) is 89.0 Å². The zero-order valence-electron chi connectivity index (χ0n) is 20.1. The molecular weight excluding hydrogens is 584 g/mol. The van der Waals surface area contributed by atoms with Gasteiger partial charge in [-0.3, -0.25) is 0 Å². The van der Waals surface area contributed by atoms with E-state index in [0.29, 0.717) is 16.0 Å². The minimum Gasteiger partial charge on any atom is -0.360 e. The number of hydrogen-bond donors (Lipinski definition) is 0. The Kier molecular flexibility index (Phi) is 7.88. The van der Waals surface area contributed by atoms with Crippen LogP contribution in [0, 0.1) is 0 Å². The van der Waals surface area contributed by atoms with Gasteiger partial charge in [0.15, 0.2) is 0 Å². The Bertz CT molecular complexity index is 1370. The predicted molar refractivity (Wildman–Crippen MR) is 163 cm³/mol. The van der Waals surface area contributed by atoms with Crippen molar-refractivity contribution in [2.24, 2.45) is 0 Å². The standard InChI is InChI=1S/C31H25Cl2NOP.BrH/c32-27-17-10-18-28(33)29(27)30-26(31(35-34-30)22-19-20-22)21-36(23-11-4-1-5-12-23,24-13-6-2-7-14-24)25-15-8-3-9-16-25;/h1-18,22H,19-21H2;1H/q+1;. The molecule has 0 N–H and O–H groups in total. The zero-order valence-corrected chi connectivity index (χ0v) is 24.2. The maximum absolute atomic E-state index is 6.71. The Hall–Kier alpha value is -2.42. The molecule has 2 nitrogen and oxygen atoms in total. The highest BCUT2D eigenvalue weighted by molar-refractivity contribution is 8.93. The van der Waals surface area contributed by atoms with Crippen molar-refractivity contribution in [3.05, 3.63) is 131 Å². The Balaban J connectivity index is 0.00000280. The van der Waals surface area contributed by atoms with Crippen LogP contribution in [0.3, 0.4) is 0 Å². The van der Waals surface area contributed by atoms with Gasteiger partial charge < -0.3 is 4.52 Å². The van der Waals surface area contributed by atoms with Crippen LogP contribution in [0.1, 0.15) is 30.1 Å². The lowest BCUT2D eigenvalue weighted by atomic mass is 10.1. The molecule has 37 heavy (non-hydrogen) atoms. The highest BCUT2D eigenvalue weighted by Crippen LogP contribution is 2.61. The molecule has 6 heteroatoms. The highest BCUT2D eigenvalue weighted by Gasteiger charge is 2.48. The molecule has 0 amide bonds. The Labute approximate surface area is 238 Å². The molecule has 0 bridgehead atoms. The van der Waals surface area contributed by atoms with E-state index in [4.69, 9.17) is 27.7 Å². The largest absolute Gasteiger partial charge is 0.360 e. The van der Waals surface area contributed by atoms with Crippen LogP contribution in [-0.4, -0.2) is 5.16 Å². The van der Waals surface area contributed by atoms with Crippen molar-refractivity contribution in [2.45, 2.75) is 24.9 Å². The van der Waals surface area contributed by atoms with Crippen LogP contribution >= 0.6 is 47.4 Å². The molecule has 6 rings (SSSR count). The van der Waals surface area contributed by atoms with E-state index in [0.717, 1.165) is 41.6 Å². The molecule has 186 valence electrons. The fourth-order valence-corrected chi connectivity index (χ4v) is 9.91. The zero-order chi connectivity index (χ0) is 24.5. The second kappa shape index (κ2) is 11.1. The molecule has 1 heterocycles. The fourth-order valence-electron chi connectivity index (χ4n) is 5.07. The van der Waals surface area contributed by atoms with Crippen molar-refractivity contribution >= 4 is 63.4 Å². The smallest absolute Gasteiger partial charge is 0.147 e. The summed E-state index contributed by atoms with van der Waals surface area (Å²) in [6.45, 7) is 0. The monoisotopic (exact) mass is 608 g/mol. The van der Waals surface area contributed by atoms with Crippen molar-refractivity contribution < 1.29 is 4.52 Å². The van der Waals surface area contributed by atoms with E-state index in [9.17, 15) is 0 Å². The summed E-state index contributed by atoms with van der Waals surface area (Å²) in [6.07, 6.45) is 3.01. The number of halogens is 3. The first kappa shape index (κ1) is 26.2. The van der Waals surface area contributed by atoms with E-state index in [1.54, 1.807) is 0 Å². The van der Waals surface area contributed by atoms with E-state index < -0.39 is 7.26 Å². The van der Waals surface area contributed by atoms with E-state index in [2.05, 4.69) is 96.2 Å². The highest BCUT2D eigenvalue weighted by atomic mass is 79.9. The molecule has 5 aromatic rings. The van der Waals surface area contributed by atoms with Crippen molar-refractivity contribution in [1.82, 2.24) is 5.16 Å². The van der Waals surface area contributed by atoms with Gasteiger partial charge in [-0.2, -0.15) is 0 Å². The predicted octanol–water partition coefficient (Wildman–Crippen LogP) is 8.60. The lowest BCUT2D eigenvalue weighted by Gasteiger charge is -2.28. The first-order chi connectivity index (χ1) is 17.7. The van der Waals surface area contributed by atoms with Gasteiger partial charge in [-0.05, 0) is 61.4 Å². The van der Waals surface area contributed by atoms with Crippen molar-refractivity contribution in [1.29, 1.82) is 0 Å². The van der Waals surface area contributed by atoms with E-state index in [-0.39, 0.29) is 17.0 Å². The number of hydrogen-bond acceptors (Lipinski definition) is 2. The van der Waals surface area contributed by atoms with Crippen molar-refractivity contribution in [3.63, 3.8) is 0 Å². The summed E-state index contributed by atoms with van der Waals surface area (Å²) in [5, 5.41) is 9.74. The first-order valence-corrected chi connectivity index (χ1v) is 14.9. The van der Waals surface area contributed by atoms with Gasteiger partial charge in [0.05, 0.1) is 15.6 Å². The van der Waals surface area contributed by atoms with Crippen LogP contribution in [0.4, 0.5) is 0 Å². The Morgan fingerprint density at radius 3 is 1.57 bits per heavy atom. The third kappa shape index (κ3) is 4.91. The van der Waals surface area contributed by atoms with Gasteiger partial charge in [0, 0.05) is 11.5 Å². The molecule has 1 fully saturated rings. The summed E-state index contributed by atoms with van der Waals surface area (Å²) in [7, 11) is -2.14. The number of rotatable bonds is 7. The molecule has 1 aliphatic rings. The summed E-state index contributed by atoms with van der Waals surface area (Å²) < 4.78 is 6.09. The van der Waals surface area contributed by atoms with Gasteiger partial charge >= 0.3 is 0 Å². The molecule has 1 aromatic heterocycles. The average Bonchev–Trinajstić information content (AvgIpc) is 3.69. The average molecular weight is 610 g/mol. The maximum Gasteiger partial charge on any atom is 0.147 e. The van der Waals surface area contributed by atoms with E-state index in [1.807, 2.05) is 18.2 Å². The van der Waals surface area contributed by atoms with Crippen molar-refractivity contribution in [2.75, 3.05) is 0 Å². The second-order valence-electron chi connectivity index (χ2n) is 9.22. The summed E-state index contributed by atoms with van der Waals surface area (Å²) in [4.78, 5) is 0. The summed E-state index contributed by atoms with van der Waals surface area (Å²) in [5.41, 5.74) is 2.64. The van der Waals surface area contributed by atoms with Gasteiger partial charge in [0.25, 0.3) is 0 Å². The van der Waals surface area contributed by atoms with Gasteiger partial charge in [-0.15, -0.1) is 17.0 Å². The van der Waals surface area contributed by atoms with Crippen LogP contribution in [0.5, 0.6) is 0 Å². The van der Waals surface area contributed by atoms with Crippen LogP contribution < -0.4 is 15.9 Å². The van der Waals surface area contributed by atoms with E-state index in [1.165, 1.54) is 15.9 Å².